The summed E-state index contributed by atoms with van der Waals surface area (Å²) in [7, 11) is -4.39. The molecular formula is C53H98NO8P. The lowest BCUT2D eigenvalue weighted by molar-refractivity contribution is -0.161. The van der Waals surface area contributed by atoms with Crippen LogP contribution in [0.25, 0.3) is 0 Å². The summed E-state index contributed by atoms with van der Waals surface area (Å²) in [4.78, 5) is 35.0. The summed E-state index contributed by atoms with van der Waals surface area (Å²) in [6, 6.07) is 0. The molecule has 0 saturated heterocycles. The van der Waals surface area contributed by atoms with Crippen molar-refractivity contribution in [3.63, 3.8) is 0 Å². The van der Waals surface area contributed by atoms with Crippen LogP contribution >= 0.6 is 7.82 Å². The minimum absolute atomic E-state index is 0.0497. The maximum absolute atomic E-state index is 12.6. The Morgan fingerprint density at radius 1 is 0.492 bits per heavy atom. The second-order valence-corrected chi connectivity index (χ2v) is 18.8. The lowest BCUT2D eigenvalue weighted by atomic mass is 10.0. The zero-order valence-electron chi connectivity index (χ0n) is 40.8. The number of hydrogen-bond acceptors (Lipinski definition) is 8. The quantitative estimate of drug-likeness (QED) is 0.0265. The van der Waals surface area contributed by atoms with Crippen LogP contribution in [-0.4, -0.2) is 49.3 Å². The van der Waals surface area contributed by atoms with Crippen molar-refractivity contribution in [2.24, 2.45) is 5.73 Å². The number of carbonyl (C=O) groups is 2. The first kappa shape index (κ1) is 61.0. The molecule has 0 amide bonds. The van der Waals surface area contributed by atoms with Gasteiger partial charge in [0.05, 0.1) is 13.2 Å². The molecule has 0 aromatic heterocycles. The van der Waals surface area contributed by atoms with Gasteiger partial charge in [-0.1, -0.05) is 210 Å². The molecule has 0 aliphatic carbocycles. The van der Waals surface area contributed by atoms with Crippen LogP contribution in [-0.2, 0) is 32.7 Å². The zero-order chi connectivity index (χ0) is 46.0. The summed E-state index contributed by atoms with van der Waals surface area (Å²) < 4.78 is 32.9. The van der Waals surface area contributed by atoms with Gasteiger partial charge in [0.15, 0.2) is 6.10 Å². The smallest absolute Gasteiger partial charge is 0.462 e. The van der Waals surface area contributed by atoms with Gasteiger partial charge in [0, 0.05) is 19.4 Å². The van der Waals surface area contributed by atoms with Crippen molar-refractivity contribution in [3.05, 3.63) is 48.6 Å². The topological polar surface area (TPSA) is 134 Å². The van der Waals surface area contributed by atoms with Crippen molar-refractivity contribution < 1.29 is 37.6 Å². The van der Waals surface area contributed by atoms with E-state index in [1.165, 1.54) is 141 Å². The van der Waals surface area contributed by atoms with E-state index < -0.39 is 26.5 Å². The fraction of sp³-hybridized carbons (Fsp3) is 0.811. The van der Waals surface area contributed by atoms with Crippen molar-refractivity contribution in [3.8, 4) is 0 Å². The number of carbonyl (C=O) groups excluding carboxylic acids is 2. The molecule has 368 valence electrons. The lowest BCUT2D eigenvalue weighted by Gasteiger charge is -2.19. The molecule has 0 bridgehead atoms. The van der Waals surface area contributed by atoms with Gasteiger partial charge in [-0.3, -0.25) is 18.6 Å². The Hall–Kier alpha value is -2.03. The molecule has 10 heteroatoms. The third-order valence-corrected chi connectivity index (χ3v) is 12.2. The Balaban J connectivity index is 3.95. The van der Waals surface area contributed by atoms with Crippen LogP contribution in [0.5, 0.6) is 0 Å². The Labute approximate surface area is 387 Å². The molecule has 0 rings (SSSR count). The molecule has 0 spiro atoms. The molecule has 2 atom stereocenters. The van der Waals surface area contributed by atoms with E-state index in [4.69, 9.17) is 24.3 Å². The number of phosphoric ester groups is 1. The van der Waals surface area contributed by atoms with Crippen molar-refractivity contribution >= 4 is 19.8 Å². The summed E-state index contributed by atoms with van der Waals surface area (Å²) in [5, 5.41) is 0. The van der Waals surface area contributed by atoms with E-state index in [0.29, 0.717) is 6.42 Å². The predicted octanol–water partition coefficient (Wildman–Crippen LogP) is 15.8. The molecule has 2 unspecified atom stereocenters. The van der Waals surface area contributed by atoms with Crippen LogP contribution in [0.2, 0.25) is 0 Å². The number of hydrogen-bond donors (Lipinski definition) is 2. The second kappa shape index (κ2) is 49.4. The second-order valence-electron chi connectivity index (χ2n) is 17.4. The van der Waals surface area contributed by atoms with Crippen LogP contribution in [0.15, 0.2) is 48.6 Å². The molecular weight excluding hydrogens is 810 g/mol. The monoisotopic (exact) mass is 908 g/mol. The van der Waals surface area contributed by atoms with Crippen LogP contribution < -0.4 is 5.73 Å². The maximum Gasteiger partial charge on any atom is 0.472 e. The van der Waals surface area contributed by atoms with E-state index in [0.717, 1.165) is 70.6 Å². The molecule has 9 nitrogen and oxygen atoms in total. The van der Waals surface area contributed by atoms with Crippen LogP contribution in [0.1, 0.15) is 245 Å². The highest BCUT2D eigenvalue weighted by molar-refractivity contribution is 7.47. The highest BCUT2D eigenvalue weighted by atomic mass is 31.2. The molecule has 0 aromatic rings. The van der Waals surface area contributed by atoms with Crippen LogP contribution in [0.4, 0.5) is 0 Å². The number of ether oxygens (including phenoxy) is 2. The molecule has 63 heavy (non-hydrogen) atoms. The standard InChI is InChI=1S/C53H98NO8P/c1-3-5-7-9-11-13-15-17-19-20-21-22-23-24-25-26-27-28-29-30-32-33-35-37-39-41-43-45-52(55)59-49-51(50-61-63(57,58)60-48-47-54)62-53(56)46-44-42-40-38-36-34-31-18-16-14-12-10-8-6-4-2/h6,8,12,14,18,20-21,31,51H,3-5,7,9-11,13,15-17,19,22-30,32-50,54H2,1-2H3,(H,57,58)/b8-6-,14-12-,21-20-,31-18-. The summed E-state index contributed by atoms with van der Waals surface area (Å²) in [6.45, 7) is 3.63. The largest absolute Gasteiger partial charge is 0.472 e. The Bertz CT molecular complexity index is 1170. The number of esters is 2. The van der Waals surface area contributed by atoms with Gasteiger partial charge in [0.25, 0.3) is 0 Å². The van der Waals surface area contributed by atoms with Gasteiger partial charge < -0.3 is 20.1 Å². The van der Waals surface area contributed by atoms with Gasteiger partial charge in [-0.05, 0) is 70.6 Å². The van der Waals surface area contributed by atoms with Crippen molar-refractivity contribution in [2.75, 3.05) is 26.4 Å². The van der Waals surface area contributed by atoms with Crippen molar-refractivity contribution in [2.45, 2.75) is 251 Å². The summed E-state index contributed by atoms with van der Waals surface area (Å²) in [5.74, 6) is -0.842. The van der Waals surface area contributed by atoms with Gasteiger partial charge in [0.2, 0.25) is 0 Å². The minimum atomic E-state index is -4.39. The Morgan fingerprint density at radius 3 is 1.32 bits per heavy atom. The first-order chi connectivity index (χ1) is 30.8. The van der Waals surface area contributed by atoms with Crippen molar-refractivity contribution in [1.82, 2.24) is 0 Å². The molecule has 0 radical (unpaired) electrons. The fourth-order valence-corrected chi connectivity index (χ4v) is 8.12. The lowest BCUT2D eigenvalue weighted by Crippen LogP contribution is -2.29. The van der Waals surface area contributed by atoms with Gasteiger partial charge in [0.1, 0.15) is 6.61 Å². The van der Waals surface area contributed by atoms with E-state index in [1.807, 2.05) is 0 Å². The highest BCUT2D eigenvalue weighted by Gasteiger charge is 2.26. The molecule has 0 heterocycles. The van der Waals surface area contributed by atoms with Crippen LogP contribution in [0, 0.1) is 0 Å². The molecule has 0 aliphatic heterocycles. The van der Waals surface area contributed by atoms with Crippen LogP contribution in [0.3, 0.4) is 0 Å². The number of unbranched alkanes of at least 4 members (excludes halogenated alkanes) is 28. The average Bonchev–Trinajstić information content (AvgIpc) is 3.27. The van der Waals surface area contributed by atoms with Gasteiger partial charge in [-0.25, -0.2) is 4.57 Å². The van der Waals surface area contributed by atoms with E-state index in [-0.39, 0.29) is 38.6 Å². The minimum Gasteiger partial charge on any atom is -0.462 e. The van der Waals surface area contributed by atoms with Crippen molar-refractivity contribution in [1.29, 1.82) is 0 Å². The third-order valence-electron chi connectivity index (χ3n) is 11.2. The molecule has 0 aromatic carbocycles. The SMILES string of the molecule is CC/C=C\C/C=C\C/C=C\CCCCCCCC(=O)OC(COC(=O)CCCCCCCCCCCCCCCCC/C=C\CCCCCCCCCC)COP(=O)(O)OCCN. The summed E-state index contributed by atoms with van der Waals surface area (Å²) in [6.07, 6.45) is 58.8. The Morgan fingerprint density at radius 2 is 0.873 bits per heavy atom. The Kier molecular flexibility index (Phi) is 47.8. The fourth-order valence-electron chi connectivity index (χ4n) is 7.35. The van der Waals surface area contributed by atoms with E-state index in [1.54, 1.807) is 0 Å². The first-order valence-electron chi connectivity index (χ1n) is 26.1. The highest BCUT2D eigenvalue weighted by Crippen LogP contribution is 2.43. The summed E-state index contributed by atoms with van der Waals surface area (Å²) in [5.41, 5.74) is 5.36. The first-order valence-corrected chi connectivity index (χ1v) is 27.6. The molecule has 0 saturated carbocycles. The van der Waals surface area contributed by atoms with Gasteiger partial charge in [-0.2, -0.15) is 0 Å². The van der Waals surface area contributed by atoms with E-state index >= 15 is 0 Å². The van der Waals surface area contributed by atoms with Gasteiger partial charge in [-0.15, -0.1) is 0 Å². The van der Waals surface area contributed by atoms with Gasteiger partial charge >= 0.3 is 19.8 Å². The zero-order valence-corrected chi connectivity index (χ0v) is 41.7. The maximum atomic E-state index is 12.6. The molecule has 0 fully saturated rings. The number of allylic oxidation sites excluding steroid dienone is 8. The summed E-state index contributed by atoms with van der Waals surface area (Å²) >= 11 is 0. The number of phosphoric acid groups is 1. The predicted molar refractivity (Wildman–Crippen MR) is 266 cm³/mol. The average molecular weight is 908 g/mol. The molecule has 0 aliphatic rings. The third kappa shape index (κ3) is 49.2. The molecule has 3 N–H and O–H groups in total. The van der Waals surface area contributed by atoms with E-state index in [2.05, 4.69) is 62.5 Å². The number of rotatable bonds is 49. The number of nitrogens with two attached hydrogens (primary N) is 1. The van der Waals surface area contributed by atoms with E-state index in [9.17, 15) is 19.0 Å². The normalized spacial score (nSPS) is 13.5.